The highest BCUT2D eigenvalue weighted by Gasteiger charge is 2.28. The standard InChI is InChI=1S/C15H19N3OS/c1-11-5-9-20-13(11)15(19)18-7-3-4-12(10-18)14-16-6-8-17(14)2/h5-6,8-9,12H,3-4,7,10H2,1-2H3. The number of amides is 1. The maximum atomic E-state index is 12.6. The van der Waals surface area contributed by atoms with E-state index in [0.717, 1.165) is 42.2 Å². The van der Waals surface area contributed by atoms with E-state index in [1.807, 2.05) is 42.7 Å². The second kappa shape index (κ2) is 5.40. The van der Waals surface area contributed by atoms with Crippen LogP contribution >= 0.6 is 11.3 Å². The molecule has 1 aliphatic heterocycles. The van der Waals surface area contributed by atoms with Crippen molar-refractivity contribution in [3.8, 4) is 0 Å². The lowest BCUT2D eigenvalue weighted by molar-refractivity contribution is 0.0708. The summed E-state index contributed by atoms with van der Waals surface area (Å²) in [7, 11) is 2.02. The van der Waals surface area contributed by atoms with E-state index in [9.17, 15) is 4.79 Å². The van der Waals surface area contributed by atoms with Gasteiger partial charge in [0, 0.05) is 38.4 Å². The largest absolute Gasteiger partial charge is 0.338 e. The molecular formula is C15H19N3OS. The summed E-state index contributed by atoms with van der Waals surface area (Å²) in [5.74, 6) is 1.62. The maximum absolute atomic E-state index is 12.6. The molecule has 1 aliphatic rings. The number of aryl methyl sites for hydroxylation is 2. The third-order valence-corrected chi connectivity index (χ3v) is 4.99. The minimum Gasteiger partial charge on any atom is -0.338 e. The number of piperidine rings is 1. The zero-order chi connectivity index (χ0) is 14.1. The van der Waals surface area contributed by atoms with Gasteiger partial charge in [0.05, 0.1) is 4.88 Å². The predicted octanol–water partition coefficient (Wildman–Crippen LogP) is 2.81. The predicted molar refractivity (Wildman–Crippen MR) is 80.1 cm³/mol. The Morgan fingerprint density at radius 1 is 1.50 bits per heavy atom. The highest BCUT2D eigenvalue weighted by Crippen LogP contribution is 2.27. The van der Waals surface area contributed by atoms with Crippen LogP contribution < -0.4 is 0 Å². The van der Waals surface area contributed by atoms with Crippen molar-refractivity contribution in [3.05, 3.63) is 40.1 Å². The lowest BCUT2D eigenvalue weighted by Gasteiger charge is -2.32. The average molecular weight is 289 g/mol. The highest BCUT2D eigenvalue weighted by molar-refractivity contribution is 7.12. The molecule has 3 heterocycles. The van der Waals surface area contributed by atoms with Gasteiger partial charge in [-0.25, -0.2) is 4.98 Å². The van der Waals surface area contributed by atoms with Crippen LogP contribution in [0.2, 0.25) is 0 Å². The fourth-order valence-corrected chi connectivity index (χ4v) is 3.77. The van der Waals surface area contributed by atoms with Crippen LogP contribution in [-0.4, -0.2) is 33.4 Å². The van der Waals surface area contributed by atoms with E-state index >= 15 is 0 Å². The molecule has 0 spiro atoms. The molecule has 0 saturated carbocycles. The van der Waals surface area contributed by atoms with Crippen LogP contribution in [0.4, 0.5) is 0 Å². The van der Waals surface area contributed by atoms with E-state index in [1.165, 1.54) is 0 Å². The van der Waals surface area contributed by atoms with Crippen molar-refractivity contribution in [1.82, 2.24) is 14.5 Å². The van der Waals surface area contributed by atoms with E-state index in [0.29, 0.717) is 5.92 Å². The van der Waals surface area contributed by atoms with Crippen molar-refractivity contribution in [2.24, 2.45) is 7.05 Å². The lowest BCUT2D eigenvalue weighted by Crippen LogP contribution is -2.39. The summed E-state index contributed by atoms with van der Waals surface area (Å²) in [6.07, 6.45) is 5.96. The van der Waals surface area contributed by atoms with E-state index in [1.54, 1.807) is 11.3 Å². The number of hydrogen-bond donors (Lipinski definition) is 0. The van der Waals surface area contributed by atoms with Gasteiger partial charge in [-0.05, 0) is 36.8 Å². The van der Waals surface area contributed by atoms with Gasteiger partial charge in [0.1, 0.15) is 5.82 Å². The maximum Gasteiger partial charge on any atom is 0.264 e. The summed E-state index contributed by atoms with van der Waals surface area (Å²) in [4.78, 5) is 19.9. The molecular weight excluding hydrogens is 270 g/mol. The molecule has 0 bridgehead atoms. The summed E-state index contributed by atoms with van der Waals surface area (Å²) >= 11 is 1.54. The monoisotopic (exact) mass is 289 g/mol. The third kappa shape index (κ3) is 2.38. The Bertz CT molecular complexity index is 616. The van der Waals surface area contributed by atoms with Crippen LogP contribution in [0.1, 0.15) is 39.8 Å². The molecule has 1 amide bonds. The summed E-state index contributed by atoms with van der Waals surface area (Å²) < 4.78 is 2.06. The smallest absolute Gasteiger partial charge is 0.264 e. The van der Waals surface area contributed by atoms with Gasteiger partial charge in [-0.2, -0.15) is 0 Å². The fraction of sp³-hybridized carbons (Fsp3) is 0.467. The number of nitrogens with zero attached hydrogens (tertiary/aromatic N) is 3. The Hall–Kier alpha value is -1.62. The normalized spacial score (nSPS) is 19.3. The number of carbonyl (C=O) groups excluding carboxylic acids is 1. The molecule has 0 radical (unpaired) electrons. The van der Waals surface area contributed by atoms with Crippen LogP contribution in [0, 0.1) is 6.92 Å². The van der Waals surface area contributed by atoms with Crippen LogP contribution in [0.15, 0.2) is 23.8 Å². The van der Waals surface area contributed by atoms with Crippen molar-refractivity contribution in [1.29, 1.82) is 0 Å². The molecule has 2 aromatic heterocycles. The minimum atomic E-state index is 0.177. The third-order valence-electron chi connectivity index (χ3n) is 3.99. The number of carbonyl (C=O) groups is 1. The number of imidazole rings is 1. The van der Waals surface area contributed by atoms with Gasteiger partial charge in [0.15, 0.2) is 0 Å². The number of likely N-dealkylation sites (tertiary alicyclic amines) is 1. The van der Waals surface area contributed by atoms with Gasteiger partial charge in [-0.3, -0.25) is 4.79 Å². The van der Waals surface area contributed by atoms with Crippen molar-refractivity contribution in [3.63, 3.8) is 0 Å². The number of thiophene rings is 1. The highest BCUT2D eigenvalue weighted by atomic mass is 32.1. The summed E-state index contributed by atoms with van der Waals surface area (Å²) in [5.41, 5.74) is 1.08. The first-order valence-electron chi connectivity index (χ1n) is 6.97. The summed E-state index contributed by atoms with van der Waals surface area (Å²) in [6.45, 7) is 3.64. The first kappa shape index (κ1) is 13.4. The molecule has 106 valence electrons. The molecule has 1 saturated heterocycles. The molecule has 0 aromatic carbocycles. The Kier molecular flexibility index (Phi) is 3.61. The van der Waals surface area contributed by atoms with Crippen LogP contribution in [0.5, 0.6) is 0 Å². The molecule has 0 aliphatic carbocycles. The molecule has 5 heteroatoms. The van der Waals surface area contributed by atoms with E-state index in [4.69, 9.17) is 0 Å². The van der Waals surface area contributed by atoms with Gasteiger partial charge < -0.3 is 9.47 Å². The zero-order valence-corrected chi connectivity index (χ0v) is 12.7. The van der Waals surface area contributed by atoms with Crippen LogP contribution in [-0.2, 0) is 7.05 Å². The topological polar surface area (TPSA) is 38.1 Å². The van der Waals surface area contributed by atoms with E-state index in [2.05, 4.69) is 9.55 Å². The van der Waals surface area contributed by atoms with Crippen molar-refractivity contribution >= 4 is 17.2 Å². The van der Waals surface area contributed by atoms with Gasteiger partial charge >= 0.3 is 0 Å². The van der Waals surface area contributed by atoms with Gasteiger partial charge in [0.2, 0.25) is 0 Å². The Morgan fingerprint density at radius 2 is 2.35 bits per heavy atom. The van der Waals surface area contributed by atoms with Crippen molar-refractivity contribution in [2.75, 3.05) is 13.1 Å². The Labute approximate surface area is 123 Å². The molecule has 4 nitrogen and oxygen atoms in total. The van der Waals surface area contributed by atoms with Crippen LogP contribution in [0.25, 0.3) is 0 Å². The van der Waals surface area contributed by atoms with Gasteiger partial charge in [-0.15, -0.1) is 11.3 Å². The summed E-state index contributed by atoms with van der Waals surface area (Å²) in [6, 6.07) is 2.01. The number of rotatable bonds is 2. The SMILES string of the molecule is Cc1ccsc1C(=O)N1CCCC(c2nccn2C)C1. The van der Waals surface area contributed by atoms with Gasteiger partial charge in [-0.1, -0.05) is 0 Å². The average Bonchev–Trinajstić information content (AvgIpc) is 3.07. The number of aromatic nitrogens is 2. The molecule has 0 N–H and O–H groups in total. The number of hydrogen-bond acceptors (Lipinski definition) is 3. The molecule has 20 heavy (non-hydrogen) atoms. The fourth-order valence-electron chi connectivity index (χ4n) is 2.88. The zero-order valence-electron chi connectivity index (χ0n) is 11.9. The summed E-state index contributed by atoms with van der Waals surface area (Å²) in [5, 5.41) is 1.99. The molecule has 3 rings (SSSR count). The van der Waals surface area contributed by atoms with E-state index in [-0.39, 0.29) is 5.91 Å². The first-order valence-corrected chi connectivity index (χ1v) is 7.85. The lowest BCUT2D eigenvalue weighted by atomic mass is 9.97. The molecule has 1 unspecified atom stereocenters. The molecule has 1 fully saturated rings. The first-order chi connectivity index (χ1) is 9.66. The molecule has 1 atom stereocenters. The Morgan fingerprint density at radius 3 is 3.00 bits per heavy atom. The van der Waals surface area contributed by atoms with Crippen LogP contribution in [0.3, 0.4) is 0 Å². The second-order valence-corrected chi connectivity index (χ2v) is 6.34. The Balaban J connectivity index is 1.77. The van der Waals surface area contributed by atoms with Crippen molar-refractivity contribution in [2.45, 2.75) is 25.7 Å². The quantitative estimate of drug-likeness (QED) is 0.852. The van der Waals surface area contributed by atoms with E-state index < -0.39 is 0 Å². The second-order valence-electron chi connectivity index (χ2n) is 5.42. The molecule has 2 aromatic rings. The minimum absolute atomic E-state index is 0.177. The van der Waals surface area contributed by atoms with Gasteiger partial charge in [0.25, 0.3) is 5.91 Å². The van der Waals surface area contributed by atoms with Crippen molar-refractivity contribution < 1.29 is 4.79 Å².